The molecule has 20 heavy (non-hydrogen) atoms. The maximum absolute atomic E-state index is 9.70. The van der Waals surface area contributed by atoms with Crippen molar-refractivity contribution < 1.29 is 5.11 Å². The molecule has 0 heterocycles. The fourth-order valence-corrected chi connectivity index (χ4v) is 2.48. The van der Waals surface area contributed by atoms with Crippen LogP contribution in [0.25, 0.3) is 0 Å². The lowest BCUT2D eigenvalue weighted by molar-refractivity contribution is 0.136. The Morgan fingerprint density at radius 1 is 1.30 bits per heavy atom. The van der Waals surface area contributed by atoms with Crippen LogP contribution in [-0.4, -0.2) is 30.3 Å². The summed E-state index contributed by atoms with van der Waals surface area (Å²) in [4.78, 5) is 4.31. The molecule has 2 rings (SSSR count). The van der Waals surface area contributed by atoms with Gasteiger partial charge in [-0.2, -0.15) is 0 Å². The van der Waals surface area contributed by atoms with Crippen molar-refractivity contribution in [2.75, 3.05) is 13.1 Å². The second-order valence-electron chi connectivity index (χ2n) is 5.15. The van der Waals surface area contributed by atoms with Crippen molar-refractivity contribution in [2.45, 2.75) is 31.8 Å². The third kappa shape index (κ3) is 5.66. The predicted octanol–water partition coefficient (Wildman–Crippen LogP) is 1.91. The number of nitrogens with one attached hydrogen (secondary N) is 1. The zero-order valence-electron chi connectivity index (χ0n) is 11.7. The van der Waals surface area contributed by atoms with Crippen LogP contribution in [0.15, 0.2) is 35.3 Å². The molecule has 0 bridgehead atoms. The molecule has 1 aromatic rings. The summed E-state index contributed by atoms with van der Waals surface area (Å²) in [7, 11) is 0. The molecule has 0 aliphatic heterocycles. The summed E-state index contributed by atoms with van der Waals surface area (Å²) in [6, 6.07) is 10.3. The molecule has 1 aliphatic rings. The highest BCUT2D eigenvalue weighted by atomic mass is 127. The van der Waals surface area contributed by atoms with Gasteiger partial charge in [-0.1, -0.05) is 36.8 Å². The number of aliphatic hydroxyl groups excluding tert-OH is 1. The summed E-state index contributed by atoms with van der Waals surface area (Å²) in [6.07, 6.45) is 3.80. The number of halogens is 1. The highest BCUT2D eigenvalue weighted by molar-refractivity contribution is 14.0. The summed E-state index contributed by atoms with van der Waals surface area (Å²) < 4.78 is 0. The molecule has 0 radical (unpaired) electrons. The molecule has 112 valence electrons. The van der Waals surface area contributed by atoms with Gasteiger partial charge in [0.25, 0.3) is 0 Å². The monoisotopic (exact) mass is 389 g/mol. The molecule has 0 amide bonds. The number of nitrogens with zero attached hydrogens (tertiary/aromatic N) is 1. The number of rotatable bonds is 5. The molecule has 0 saturated heterocycles. The Kier molecular flexibility index (Phi) is 7.91. The van der Waals surface area contributed by atoms with E-state index in [1.807, 2.05) is 18.2 Å². The Morgan fingerprint density at radius 2 is 2.05 bits per heavy atom. The number of nitrogens with two attached hydrogens (primary N) is 1. The van der Waals surface area contributed by atoms with Crippen molar-refractivity contribution in [1.82, 2.24) is 5.32 Å². The molecule has 1 aromatic carbocycles. The van der Waals surface area contributed by atoms with Crippen LogP contribution in [0.5, 0.6) is 0 Å². The first-order valence-corrected chi connectivity index (χ1v) is 7.01. The zero-order chi connectivity index (χ0) is 13.5. The quantitative estimate of drug-likeness (QED) is 0.409. The number of aliphatic imine (C=N–C) groups is 1. The molecule has 4 N–H and O–H groups in total. The number of guanidine groups is 1. The van der Waals surface area contributed by atoms with Gasteiger partial charge in [-0.15, -0.1) is 24.0 Å². The minimum atomic E-state index is -0.194. The van der Waals surface area contributed by atoms with Crippen LogP contribution in [0, 0.1) is 5.92 Å². The molecule has 4 nitrogen and oxygen atoms in total. The van der Waals surface area contributed by atoms with E-state index in [-0.39, 0.29) is 36.0 Å². The van der Waals surface area contributed by atoms with Gasteiger partial charge in [0.1, 0.15) is 0 Å². The van der Waals surface area contributed by atoms with Gasteiger partial charge < -0.3 is 16.2 Å². The summed E-state index contributed by atoms with van der Waals surface area (Å²) in [5.74, 6) is 0.768. The molecule has 0 aromatic heterocycles. The molecule has 2 atom stereocenters. The van der Waals surface area contributed by atoms with Gasteiger partial charge in [0.05, 0.1) is 6.10 Å². The van der Waals surface area contributed by atoms with Gasteiger partial charge in [0, 0.05) is 19.0 Å². The lowest BCUT2D eigenvalue weighted by Gasteiger charge is -2.12. The normalized spacial score (nSPS) is 22.4. The fraction of sp³-hybridized carbons (Fsp3) is 0.533. The number of aliphatic hydroxyl groups is 1. The molecule has 5 heteroatoms. The maximum atomic E-state index is 9.70. The van der Waals surface area contributed by atoms with Crippen molar-refractivity contribution in [3.05, 3.63) is 35.9 Å². The van der Waals surface area contributed by atoms with E-state index in [2.05, 4.69) is 22.4 Å². The lowest BCUT2D eigenvalue weighted by Crippen LogP contribution is -2.34. The average molecular weight is 389 g/mol. The zero-order valence-corrected chi connectivity index (χ0v) is 14.0. The van der Waals surface area contributed by atoms with Crippen LogP contribution in [0.4, 0.5) is 0 Å². The Balaban J connectivity index is 0.00000200. The first kappa shape index (κ1) is 17.2. The standard InChI is InChI=1S/C15H23N3O.HI/c16-15(18-11-13-7-4-8-14(13)19)17-10-9-12-5-2-1-3-6-12;/h1-3,5-6,13-14,19H,4,7-11H2,(H3,16,17,18);1H. The third-order valence-electron chi connectivity index (χ3n) is 3.68. The van der Waals surface area contributed by atoms with Gasteiger partial charge in [-0.25, -0.2) is 0 Å². The van der Waals surface area contributed by atoms with Crippen LogP contribution in [0.3, 0.4) is 0 Å². The van der Waals surface area contributed by atoms with Gasteiger partial charge in [-0.3, -0.25) is 4.99 Å². The Labute approximate surface area is 137 Å². The van der Waals surface area contributed by atoms with Crippen LogP contribution in [0.2, 0.25) is 0 Å². The van der Waals surface area contributed by atoms with E-state index in [4.69, 9.17) is 5.73 Å². The Hall–Kier alpha value is -0.820. The van der Waals surface area contributed by atoms with Crippen LogP contribution in [-0.2, 0) is 6.42 Å². The van der Waals surface area contributed by atoms with E-state index in [1.165, 1.54) is 5.56 Å². The van der Waals surface area contributed by atoms with Crippen LogP contribution < -0.4 is 11.1 Å². The number of hydrogen-bond donors (Lipinski definition) is 3. The second kappa shape index (κ2) is 9.18. The first-order chi connectivity index (χ1) is 9.25. The molecule has 0 spiro atoms. The van der Waals surface area contributed by atoms with E-state index in [0.29, 0.717) is 12.5 Å². The maximum Gasteiger partial charge on any atom is 0.188 e. The van der Waals surface area contributed by atoms with E-state index in [9.17, 15) is 5.11 Å². The molecule has 1 fully saturated rings. The Morgan fingerprint density at radius 3 is 2.70 bits per heavy atom. The largest absolute Gasteiger partial charge is 0.393 e. The molecular formula is C15H24IN3O. The number of hydrogen-bond acceptors (Lipinski definition) is 2. The van der Waals surface area contributed by atoms with E-state index < -0.39 is 0 Å². The van der Waals surface area contributed by atoms with Crippen molar-refractivity contribution in [1.29, 1.82) is 0 Å². The Bertz CT molecular complexity index is 411. The summed E-state index contributed by atoms with van der Waals surface area (Å²) in [5.41, 5.74) is 7.10. The van der Waals surface area contributed by atoms with E-state index in [0.717, 1.165) is 32.2 Å². The minimum absolute atomic E-state index is 0. The van der Waals surface area contributed by atoms with Crippen molar-refractivity contribution in [3.8, 4) is 0 Å². The summed E-state index contributed by atoms with van der Waals surface area (Å²) in [6.45, 7) is 1.41. The highest BCUT2D eigenvalue weighted by Crippen LogP contribution is 2.25. The number of benzene rings is 1. The molecular weight excluding hydrogens is 365 g/mol. The van der Waals surface area contributed by atoms with Crippen molar-refractivity contribution in [3.63, 3.8) is 0 Å². The van der Waals surface area contributed by atoms with Gasteiger partial charge >= 0.3 is 0 Å². The highest BCUT2D eigenvalue weighted by Gasteiger charge is 2.24. The summed E-state index contributed by atoms with van der Waals surface area (Å²) in [5, 5.41) is 12.8. The lowest BCUT2D eigenvalue weighted by atomic mass is 10.1. The fourth-order valence-electron chi connectivity index (χ4n) is 2.48. The van der Waals surface area contributed by atoms with E-state index in [1.54, 1.807) is 0 Å². The average Bonchev–Trinajstić information content (AvgIpc) is 2.83. The topological polar surface area (TPSA) is 70.6 Å². The van der Waals surface area contributed by atoms with Crippen molar-refractivity contribution >= 4 is 29.9 Å². The van der Waals surface area contributed by atoms with Gasteiger partial charge in [-0.05, 0) is 24.8 Å². The van der Waals surface area contributed by atoms with E-state index >= 15 is 0 Å². The first-order valence-electron chi connectivity index (χ1n) is 7.01. The van der Waals surface area contributed by atoms with Gasteiger partial charge in [0.2, 0.25) is 0 Å². The SMILES string of the molecule is I.NC(=NCC1CCCC1O)NCCc1ccccc1. The molecule has 2 unspecified atom stereocenters. The predicted molar refractivity (Wildman–Crippen MR) is 93.4 cm³/mol. The molecule has 1 aliphatic carbocycles. The minimum Gasteiger partial charge on any atom is -0.393 e. The second-order valence-corrected chi connectivity index (χ2v) is 5.15. The van der Waals surface area contributed by atoms with Crippen LogP contribution in [0.1, 0.15) is 24.8 Å². The van der Waals surface area contributed by atoms with Crippen molar-refractivity contribution in [2.24, 2.45) is 16.6 Å². The van der Waals surface area contributed by atoms with Gasteiger partial charge in [0.15, 0.2) is 5.96 Å². The smallest absolute Gasteiger partial charge is 0.188 e. The molecule has 1 saturated carbocycles. The third-order valence-corrected chi connectivity index (χ3v) is 3.68. The van der Waals surface area contributed by atoms with Crippen LogP contribution >= 0.6 is 24.0 Å². The summed E-state index contributed by atoms with van der Waals surface area (Å²) >= 11 is 0.